The normalized spacial score (nSPS) is 28.7. The van der Waals surface area contributed by atoms with Crippen LogP contribution in [0.1, 0.15) is 68.3 Å². The summed E-state index contributed by atoms with van der Waals surface area (Å²) in [6, 6.07) is 6.72. The third kappa shape index (κ3) is 3.49. The summed E-state index contributed by atoms with van der Waals surface area (Å²) in [5.41, 5.74) is 3.71. The van der Waals surface area contributed by atoms with Gasteiger partial charge in [0.15, 0.2) is 5.82 Å². The van der Waals surface area contributed by atoms with Crippen LogP contribution in [0.15, 0.2) is 24.5 Å². The molecular weight excluding hydrogens is 372 g/mol. The summed E-state index contributed by atoms with van der Waals surface area (Å²) in [7, 11) is 2.13. The van der Waals surface area contributed by atoms with E-state index in [0.717, 1.165) is 44.6 Å². The van der Waals surface area contributed by atoms with Crippen LogP contribution in [0.3, 0.4) is 0 Å². The molecule has 2 heterocycles. The van der Waals surface area contributed by atoms with Crippen molar-refractivity contribution in [2.75, 3.05) is 7.05 Å². The fourth-order valence-electron chi connectivity index (χ4n) is 5.15. The molecule has 3 aliphatic rings. The predicted molar refractivity (Wildman–Crippen MR) is 110 cm³/mol. The topological polar surface area (TPSA) is 43.2 Å². The minimum atomic E-state index is -0.272. The maximum absolute atomic E-state index is 7.18. The van der Waals surface area contributed by atoms with Gasteiger partial charge in [-0.1, -0.05) is 25.0 Å². The second-order valence-electron chi connectivity index (χ2n) is 8.84. The van der Waals surface area contributed by atoms with Crippen LogP contribution in [-0.4, -0.2) is 38.9 Å². The lowest BCUT2D eigenvalue weighted by atomic mass is 9.81. The molecule has 0 bridgehead atoms. The minimum Gasteiger partial charge on any atom is -0.375 e. The molecule has 1 aliphatic heterocycles. The van der Waals surface area contributed by atoms with Crippen LogP contribution in [0.5, 0.6) is 0 Å². The van der Waals surface area contributed by atoms with E-state index < -0.39 is 0 Å². The first-order valence-electron chi connectivity index (χ1n) is 10.7. The van der Waals surface area contributed by atoms with Crippen molar-refractivity contribution in [1.82, 2.24) is 19.7 Å². The second kappa shape index (κ2) is 7.43. The molecule has 0 unspecified atom stereocenters. The first kappa shape index (κ1) is 18.6. The maximum atomic E-state index is 7.18. The van der Waals surface area contributed by atoms with Crippen LogP contribution in [0, 0.1) is 0 Å². The van der Waals surface area contributed by atoms with E-state index in [-0.39, 0.29) is 4.87 Å². The van der Waals surface area contributed by atoms with Gasteiger partial charge in [-0.3, -0.25) is 9.47 Å². The Kier molecular flexibility index (Phi) is 4.93. The number of ether oxygens (including phenoxy) is 1. The van der Waals surface area contributed by atoms with E-state index in [9.17, 15) is 0 Å². The predicted octanol–water partition coefficient (Wildman–Crippen LogP) is 4.55. The van der Waals surface area contributed by atoms with Gasteiger partial charge in [-0.2, -0.15) is 0 Å². The first-order valence-corrected chi connectivity index (χ1v) is 11.0. The highest BCUT2D eigenvalue weighted by Gasteiger charge is 2.37. The van der Waals surface area contributed by atoms with E-state index in [1.165, 1.54) is 42.5 Å². The molecule has 2 aromatic rings. The zero-order valence-electron chi connectivity index (χ0n) is 16.6. The van der Waals surface area contributed by atoms with Gasteiger partial charge in [0.2, 0.25) is 0 Å². The molecule has 2 aliphatic carbocycles. The summed E-state index contributed by atoms with van der Waals surface area (Å²) in [5.74, 6) is 0.985. The monoisotopic (exact) mass is 400 g/mol. The smallest absolute Gasteiger partial charge is 0.151 e. The Morgan fingerprint density at radius 1 is 1.07 bits per heavy atom. The van der Waals surface area contributed by atoms with Gasteiger partial charge in [0.25, 0.3) is 0 Å². The highest BCUT2D eigenvalue weighted by molar-refractivity contribution is 6.24. The van der Waals surface area contributed by atoms with Crippen molar-refractivity contribution in [3.05, 3.63) is 41.5 Å². The Balaban J connectivity index is 1.34. The SMILES string of the molecule is CN1Cc2cc(C3(Cl)CCC(OC4CCCC4)CC3)ccc2-n2cnnc2C1. The fourth-order valence-corrected chi connectivity index (χ4v) is 5.49. The van der Waals surface area contributed by atoms with Crippen LogP contribution >= 0.6 is 11.6 Å². The minimum absolute atomic E-state index is 0.272. The number of benzene rings is 1. The molecular formula is C22H29ClN4O. The third-order valence-electron chi connectivity index (χ3n) is 6.74. The number of hydrogen-bond acceptors (Lipinski definition) is 4. The molecule has 2 fully saturated rings. The van der Waals surface area contributed by atoms with E-state index in [1.807, 2.05) is 6.33 Å². The summed E-state index contributed by atoms with van der Waals surface area (Å²) in [6.07, 6.45) is 11.9. The van der Waals surface area contributed by atoms with Gasteiger partial charge >= 0.3 is 0 Å². The van der Waals surface area contributed by atoms with Crippen molar-refractivity contribution >= 4 is 11.6 Å². The van der Waals surface area contributed by atoms with Crippen molar-refractivity contribution in [3.63, 3.8) is 0 Å². The molecule has 0 radical (unpaired) electrons. The molecule has 6 heteroatoms. The van der Waals surface area contributed by atoms with E-state index in [0.29, 0.717) is 12.2 Å². The summed E-state index contributed by atoms with van der Waals surface area (Å²) in [4.78, 5) is 2.01. The Morgan fingerprint density at radius 3 is 2.61 bits per heavy atom. The van der Waals surface area contributed by atoms with E-state index in [4.69, 9.17) is 16.3 Å². The van der Waals surface area contributed by atoms with Gasteiger partial charge in [-0.15, -0.1) is 21.8 Å². The number of alkyl halides is 1. The van der Waals surface area contributed by atoms with Crippen LogP contribution in [-0.2, 0) is 22.7 Å². The number of rotatable bonds is 3. The number of halogens is 1. The zero-order chi connectivity index (χ0) is 19.1. The standard InChI is InChI=1S/C22H29ClN4O/c1-26-13-16-12-17(6-7-20(16)27-15-24-25-21(27)14-26)22(23)10-8-19(9-11-22)28-18-4-2-3-5-18/h6-7,12,15,18-19H,2-5,8-11,13-14H2,1H3. The quantitative estimate of drug-likeness (QED) is 0.709. The maximum Gasteiger partial charge on any atom is 0.151 e. The molecule has 5 rings (SSSR count). The second-order valence-corrected chi connectivity index (χ2v) is 9.56. The molecule has 2 saturated carbocycles. The van der Waals surface area contributed by atoms with Crippen LogP contribution in [0.2, 0.25) is 0 Å². The van der Waals surface area contributed by atoms with Crippen LogP contribution in [0.4, 0.5) is 0 Å². The lowest BCUT2D eigenvalue weighted by Crippen LogP contribution is -2.32. The van der Waals surface area contributed by atoms with Gasteiger partial charge in [0, 0.05) is 6.54 Å². The zero-order valence-corrected chi connectivity index (χ0v) is 17.4. The summed E-state index contributed by atoms with van der Waals surface area (Å²) >= 11 is 7.18. The molecule has 0 amide bonds. The van der Waals surface area contributed by atoms with Gasteiger partial charge in [-0.05, 0) is 62.8 Å². The Hall–Kier alpha value is -1.43. The molecule has 0 spiro atoms. The van der Waals surface area contributed by atoms with E-state index >= 15 is 0 Å². The lowest BCUT2D eigenvalue weighted by Gasteiger charge is -2.37. The van der Waals surface area contributed by atoms with E-state index in [2.05, 4.69) is 44.9 Å². The van der Waals surface area contributed by atoms with Gasteiger partial charge in [-0.25, -0.2) is 0 Å². The molecule has 1 aromatic heterocycles. The summed E-state index contributed by atoms with van der Waals surface area (Å²) in [5, 5.41) is 8.37. The first-order chi connectivity index (χ1) is 13.6. The summed E-state index contributed by atoms with van der Waals surface area (Å²) in [6.45, 7) is 1.70. The number of hydrogen-bond donors (Lipinski definition) is 0. The Labute approximate surface area is 172 Å². The number of nitrogens with zero attached hydrogens (tertiary/aromatic N) is 4. The van der Waals surface area contributed by atoms with Gasteiger partial charge in [0.05, 0.1) is 29.3 Å². The summed E-state index contributed by atoms with van der Waals surface area (Å²) < 4.78 is 8.46. The van der Waals surface area contributed by atoms with Crippen molar-refractivity contribution in [3.8, 4) is 5.69 Å². The average Bonchev–Trinajstić information content (AvgIpc) is 3.34. The van der Waals surface area contributed by atoms with Crippen molar-refractivity contribution in [1.29, 1.82) is 0 Å². The number of aromatic nitrogens is 3. The highest BCUT2D eigenvalue weighted by atomic mass is 35.5. The van der Waals surface area contributed by atoms with Crippen molar-refractivity contribution < 1.29 is 4.74 Å². The molecule has 1 aromatic carbocycles. The number of fused-ring (bicyclic) bond motifs is 3. The fraction of sp³-hybridized carbons (Fsp3) is 0.636. The van der Waals surface area contributed by atoms with Crippen LogP contribution in [0.25, 0.3) is 5.69 Å². The molecule has 150 valence electrons. The van der Waals surface area contributed by atoms with Crippen LogP contribution < -0.4 is 0 Å². The molecule has 0 atom stereocenters. The Bertz CT molecular complexity index is 837. The van der Waals surface area contributed by atoms with Crippen molar-refractivity contribution in [2.45, 2.75) is 81.5 Å². The lowest BCUT2D eigenvalue weighted by molar-refractivity contribution is -0.0309. The molecule has 5 nitrogen and oxygen atoms in total. The van der Waals surface area contributed by atoms with E-state index in [1.54, 1.807) is 0 Å². The molecule has 0 saturated heterocycles. The Morgan fingerprint density at radius 2 is 1.82 bits per heavy atom. The van der Waals surface area contributed by atoms with Crippen molar-refractivity contribution in [2.24, 2.45) is 0 Å². The highest BCUT2D eigenvalue weighted by Crippen LogP contribution is 2.45. The molecule has 0 N–H and O–H groups in total. The largest absolute Gasteiger partial charge is 0.375 e. The molecule has 28 heavy (non-hydrogen) atoms. The van der Waals surface area contributed by atoms with Gasteiger partial charge < -0.3 is 4.74 Å². The van der Waals surface area contributed by atoms with Gasteiger partial charge in [0.1, 0.15) is 6.33 Å². The average molecular weight is 401 g/mol. The third-order valence-corrected chi connectivity index (χ3v) is 7.33.